The first-order chi connectivity index (χ1) is 17.2. The monoisotopic (exact) mass is 488 g/mol. The van der Waals surface area contributed by atoms with Crippen molar-refractivity contribution in [2.75, 3.05) is 38.4 Å². The minimum absolute atomic E-state index is 0.000765. The van der Waals surface area contributed by atoms with Crippen LogP contribution in [0.5, 0.6) is 5.75 Å². The highest BCUT2D eigenvalue weighted by atomic mass is 16.7. The molecule has 2 saturated heterocycles. The molecule has 2 aromatic carbocycles. The van der Waals surface area contributed by atoms with Crippen molar-refractivity contribution in [1.29, 1.82) is 0 Å². The summed E-state index contributed by atoms with van der Waals surface area (Å²) >= 11 is 0. The Labute approximate surface area is 211 Å². The summed E-state index contributed by atoms with van der Waals surface area (Å²) in [4.78, 5) is 15.6. The van der Waals surface area contributed by atoms with Crippen LogP contribution in [0.4, 0.5) is 10.5 Å². The lowest BCUT2D eigenvalue weighted by Gasteiger charge is -2.68. The Morgan fingerprint density at radius 3 is 2.61 bits per heavy atom. The van der Waals surface area contributed by atoms with Gasteiger partial charge >= 0.3 is 6.09 Å². The van der Waals surface area contributed by atoms with E-state index in [1.165, 1.54) is 0 Å². The molecule has 1 unspecified atom stereocenters. The standard InChI is InChI=1S/C28H32N4O4/c1-6-18-11-19(31-14-28(15-31)16-32(26(33)34)25(28)27(2,3)4)12-22-21(18)13-23(30-29-22)20-9-7-8-10-24(20)36-17-35-5/h6-13,25H,1,14-17H2,2-5H3,(H,33,34). The van der Waals surface area contributed by atoms with Crippen molar-refractivity contribution in [3.63, 3.8) is 0 Å². The molecule has 1 amide bonds. The maximum atomic E-state index is 11.7. The Hall–Kier alpha value is -3.65. The van der Waals surface area contributed by atoms with Gasteiger partial charge in [-0.25, -0.2) is 4.79 Å². The predicted octanol–water partition coefficient (Wildman–Crippen LogP) is 5.14. The van der Waals surface area contributed by atoms with Crippen molar-refractivity contribution < 1.29 is 19.4 Å². The number of methoxy groups -OCH3 is 1. The third kappa shape index (κ3) is 3.95. The van der Waals surface area contributed by atoms with Crippen LogP contribution in [0.25, 0.3) is 28.2 Å². The Morgan fingerprint density at radius 2 is 1.94 bits per heavy atom. The van der Waals surface area contributed by atoms with Crippen LogP contribution in [-0.2, 0) is 4.74 Å². The first kappa shape index (κ1) is 24.1. The molecule has 2 aliphatic heterocycles. The highest BCUT2D eigenvalue weighted by Crippen LogP contribution is 2.53. The third-order valence-corrected chi connectivity index (χ3v) is 7.26. The molecule has 0 bridgehead atoms. The number of ether oxygens (including phenoxy) is 2. The summed E-state index contributed by atoms with van der Waals surface area (Å²) in [6, 6.07) is 13.9. The minimum Gasteiger partial charge on any atom is -0.467 e. The molecule has 1 aromatic heterocycles. The summed E-state index contributed by atoms with van der Waals surface area (Å²) in [7, 11) is 1.59. The molecule has 2 aliphatic rings. The fourth-order valence-corrected chi connectivity index (χ4v) is 6.04. The van der Waals surface area contributed by atoms with Crippen LogP contribution >= 0.6 is 0 Å². The van der Waals surface area contributed by atoms with E-state index in [-0.39, 0.29) is 23.7 Å². The Balaban J connectivity index is 1.43. The summed E-state index contributed by atoms with van der Waals surface area (Å²) in [5.41, 5.74) is 4.23. The van der Waals surface area contributed by atoms with Gasteiger partial charge in [0.2, 0.25) is 0 Å². The molecule has 1 N–H and O–H groups in total. The molecular weight excluding hydrogens is 456 g/mol. The van der Waals surface area contributed by atoms with Crippen LogP contribution < -0.4 is 9.64 Å². The van der Waals surface area contributed by atoms with E-state index in [2.05, 4.69) is 54.6 Å². The number of carbonyl (C=O) groups is 1. The fourth-order valence-electron chi connectivity index (χ4n) is 6.04. The molecule has 36 heavy (non-hydrogen) atoms. The lowest BCUT2D eigenvalue weighted by molar-refractivity contribution is -0.121. The van der Waals surface area contributed by atoms with Crippen LogP contribution in [0, 0.1) is 10.8 Å². The average molecular weight is 489 g/mol. The molecule has 1 atom stereocenters. The maximum Gasteiger partial charge on any atom is 0.407 e. The number of rotatable bonds is 6. The molecule has 0 aliphatic carbocycles. The Bertz CT molecular complexity index is 1330. The smallest absolute Gasteiger partial charge is 0.407 e. The first-order valence-corrected chi connectivity index (χ1v) is 12.1. The number of aromatic nitrogens is 2. The quantitative estimate of drug-likeness (QED) is 0.481. The van der Waals surface area contributed by atoms with Gasteiger partial charge in [-0.1, -0.05) is 45.6 Å². The molecule has 5 rings (SSSR count). The van der Waals surface area contributed by atoms with Gasteiger partial charge in [-0.2, -0.15) is 0 Å². The van der Waals surface area contributed by atoms with E-state index >= 15 is 0 Å². The molecular formula is C28H32N4O4. The zero-order valence-corrected chi connectivity index (χ0v) is 21.2. The highest BCUT2D eigenvalue weighted by molar-refractivity contribution is 5.93. The van der Waals surface area contributed by atoms with Gasteiger partial charge in [0, 0.05) is 48.8 Å². The van der Waals surface area contributed by atoms with Crippen LogP contribution in [0.3, 0.4) is 0 Å². The van der Waals surface area contributed by atoms with Gasteiger partial charge in [-0.05, 0) is 41.3 Å². The molecule has 2 fully saturated rings. The third-order valence-electron chi connectivity index (χ3n) is 7.26. The summed E-state index contributed by atoms with van der Waals surface area (Å²) in [5.74, 6) is 0.681. The van der Waals surface area contributed by atoms with Crippen molar-refractivity contribution in [2.45, 2.75) is 26.8 Å². The number of anilines is 1. The van der Waals surface area contributed by atoms with Crippen molar-refractivity contribution in [3.05, 3.63) is 54.6 Å². The summed E-state index contributed by atoms with van der Waals surface area (Å²) < 4.78 is 10.8. The van der Waals surface area contributed by atoms with Crippen molar-refractivity contribution in [1.82, 2.24) is 15.1 Å². The Kier molecular flexibility index (Phi) is 5.87. The van der Waals surface area contributed by atoms with Gasteiger partial charge < -0.3 is 24.4 Å². The van der Waals surface area contributed by atoms with E-state index in [9.17, 15) is 9.90 Å². The van der Waals surface area contributed by atoms with Gasteiger partial charge in [-0.3, -0.25) is 0 Å². The number of amides is 1. The second-order valence-electron chi connectivity index (χ2n) is 10.8. The molecule has 8 nitrogen and oxygen atoms in total. The largest absolute Gasteiger partial charge is 0.467 e. The second kappa shape index (κ2) is 8.78. The zero-order valence-electron chi connectivity index (χ0n) is 21.2. The number of carboxylic acid groups (broad SMARTS) is 1. The van der Waals surface area contributed by atoms with Crippen molar-refractivity contribution in [2.24, 2.45) is 10.8 Å². The minimum atomic E-state index is -0.834. The van der Waals surface area contributed by atoms with Crippen molar-refractivity contribution >= 4 is 28.8 Å². The lowest BCUT2D eigenvalue weighted by Crippen LogP contribution is -2.81. The van der Waals surface area contributed by atoms with E-state index in [4.69, 9.17) is 9.47 Å². The summed E-state index contributed by atoms with van der Waals surface area (Å²) in [6.07, 6.45) is 1.01. The number of nitrogens with zero attached hydrogens (tertiary/aromatic N) is 4. The van der Waals surface area contributed by atoms with Gasteiger partial charge in [0.15, 0.2) is 6.79 Å². The SMILES string of the molecule is C=Cc1cc(N2CC3(C2)CN(C(=O)O)C3C(C)(C)C)cc2nnc(-c3ccccc3OCOC)cc12. The summed E-state index contributed by atoms with van der Waals surface area (Å²) in [5, 5.41) is 19.6. The van der Waals surface area contributed by atoms with E-state index in [0.29, 0.717) is 18.0 Å². The van der Waals surface area contributed by atoms with Crippen LogP contribution in [0.1, 0.15) is 26.3 Å². The number of fused-ring (bicyclic) bond motifs is 1. The Morgan fingerprint density at radius 1 is 1.19 bits per heavy atom. The first-order valence-electron chi connectivity index (χ1n) is 12.1. The number of benzene rings is 2. The van der Waals surface area contributed by atoms with E-state index in [1.54, 1.807) is 12.0 Å². The second-order valence-corrected chi connectivity index (χ2v) is 10.8. The van der Waals surface area contributed by atoms with Gasteiger partial charge in [-0.15, -0.1) is 10.2 Å². The van der Waals surface area contributed by atoms with E-state index < -0.39 is 6.09 Å². The lowest BCUT2D eigenvalue weighted by atomic mass is 9.58. The maximum absolute atomic E-state index is 11.7. The fraction of sp³-hybridized carbons (Fsp3) is 0.393. The van der Waals surface area contributed by atoms with Crippen molar-refractivity contribution in [3.8, 4) is 17.0 Å². The highest BCUT2D eigenvalue weighted by Gasteiger charge is 2.64. The molecule has 188 valence electrons. The van der Waals surface area contributed by atoms with E-state index in [1.807, 2.05) is 36.4 Å². The predicted molar refractivity (Wildman–Crippen MR) is 140 cm³/mol. The summed E-state index contributed by atoms with van der Waals surface area (Å²) in [6.45, 7) is 12.8. The van der Waals surface area contributed by atoms with E-state index in [0.717, 1.165) is 40.8 Å². The van der Waals surface area contributed by atoms with Crippen LogP contribution in [-0.4, -0.2) is 65.9 Å². The zero-order chi connectivity index (χ0) is 25.7. The molecule has 1 spiro atoms. The average Bonchev–Trinajstić information content (AvgIpc) is 2.79. The number of hydrogen-bond acceptors (Lipinski definition) is 6. The number of para-hydroxylation sites is 1. The molecule has 0 saturated carbocycles. The molecule has 3 aromatic rings. The molecule has 3 heterocycles. The van der Waals surface area contributed by atoms with Gasteiger partial charge in [0.05, 0.1) is 17.3 Å². The molecule has 0 radical (unpaired) electrons. The van der Waals surface area contributed by atoms with Crippen LogP contribution in [0.15, 0.2) is 49.0 Å². The van der Waals surface area contributed by atoms with Gasteiger partial charge in [0.25, 0.3) is 0 Å². The topological polar surface area (TPSA) is 88.0 Å². The van der Waals surface area contributed by atoms with Gasteiger partial charge in [0.1, 0.15) is 5.75 Å². The van der Waals surface area contributed by atoms with Crippen LogP contribution in [0.2, 0.25) is 0 Å². The number of hydrogen-bond donors (Lipinski definition) is 1. The number of likely N-dealkylation sites (tertiary alicyclic amines) is 1. The molecule has 8 heteroatoms. The normalized spacial score (nSPS) is 18.6.